The van der Waals surface area contributed by atoms with Gasteiger partial charge in [0.15, 0.2) is 0 Å². The van der Waals surface area contributed by atoms with Crippen LogP contribution in [0.3, 0.4) is 0 Å². The second-order valence-electron chi connectivity index (χ2n) is 3.86. The summed E-state index contributed by atoms with van der Waals surface area (Å²) in [6.45, 7) is 4.14. The molecular weight excluding hydrogens is 212 g/mol. The summed E-state index contributed by atoms with van der Waals surface area (Å²) in [6.07, 6.45) is 2.31. The molecule has 0 aromatic heterocycles. The van der Waals surface area contributed by atoms with Crippen molar-refractivity contribution in [1.29, 1.82) is 5.26 Å². The number of carbonyl (C=O) groups excluding carboxylic acids is 1. The SMILES string of the molecule is CCc1cccc(CC)c1NC(=O)CCC#N. The average molecular weight is 230 g/mol. The highest BCUT2D eigenvalue weighted by atomic mass is 16.1. The summed E-state index contributed by atoms with van der Waals surface area (Å²) in [4.78, 5) is 11.6. The summed E-state index contributed by atoms with van der Waals surface area (Å²) in [5, 5.41) is 11.4. The Morgan fingerprint density at radius 1 is 1.29 bits per heavy atom. The van der Waals surface area contributed by atoms with E-state index in [1.165, 1.54) is 0 Å². The van der Waals surface area contributed by atoms with Gasteiger partial charge in [0.25, 0.3) is 0 Å². The Hall–Kier alpha value is -1.82. The van der Waals surface area contributed by atoms with Crippen LogP contribution in [0, 0.1) is 11.3 Å². The normalized spacial score (nSPS) is 9.71. The van der Waals surface area contributed by atoms with Gasteiger partial charge in [-0.05, 0) is 24.0 Å². The van der Waals surface area contributed by atoms with Gasteiger partial charge in [-0.1, -0.05) is 32.0 Å². The maximum absolute atomic E-state index is 11.6. The van der Waals surface area contributed by atoms with E-state index in [9.17, 15) is 4.79 Å². The van der Waals surface area contributed by atoms with Crippen LogP contribution in [0.4, 0.5) is 5.69 Å². The fourth-order valence-electron chi connectivity index (χ4n) is 1.77. The molecule has 0 saturated carbocycles. The van der Waals surface area contributed by atoms with Crippen molar-refractivity contribution in [2.75, 3.05) is 5.32 Å². The molecule has 1 rings (SSSR count). The second-order valence-corrected chi connectivity index (χ2v) is 3.86. The first kappa shape index (κ1) is 13.2. The van der Waals surface area contributed by atoms with Crippen molar-refractivity contribution in [1.82, 2.24) is 0 Å². The van der Waals surface area contributed by atoms with E-state index >= 15 is 0 Å². The summed E-state index contributed by atoms with van der Waals surface area (Å²) in [6, 6.07) is 8.05. The van der Waals surface area contributed by atoms with Crippen LogP contribution in [0.2, 0.25) is 0 Å². The lowest BCUT2D eigenvalue weighted by Gasteiger charge is -2.13. The topological polar surface area (TPSA) is 52.9 Å². The summed E-state index contributed by atoms with van der Waals surface area (Å²) >= 11 is 0. The predicted molar refractivity (Wildman–Crippen MR) is 68.7 cm³/mol. The number of nitrogens with one attached hydrogen (secondary N) is 1. The first-order valence-corrected chi connectivity index (χ1v) is 6.00. The van der Waals surface area contributed by atoms with Crippen LogP contribution in [-0.4, -0.2) is 5.91 Å². The monoisotopic (exact) mass is 230 g/mol. The quantitative estimate of drug-likeness (QED) is 0.845. The lowest BCUT2D eigenvalue weighted by molar-refractivity contribution is -0.116. The van der Waals surface area contributed by atoms with Crippen LogP contribution in [0.1, 0.15) is 37.8 Å². The van der Waals surface area contributed by atoms with Gasteiger partial charge >= 0.3 is 0 Å². The number of benzene rings is 1. The van der Waals surface area contributed by atoms with Gasteiger partial charge < -0.3 is 5.32 Å². The van der Waals surface area contributed by atoms with Gasteiger partial charge in [-0.3, -0.25) is 4.79 Å². The Morgan fingerprint density at radius 3 is 2.35 bits per heavy atom. The molecule has 0 unspecified atom stereocenters. The average Bonchev–Trinajstić information content (AvgIpc) is 2.36. The standard InChI is InChI=1S/C14H18N2O/c1-3-11-7-5-8-12(4-2)14(11)16-13(17)9-6-10-15/h5,7-8H,3-4,6,9H2,1-2H3,(H,16,17). The van der Waals surface area contributed by atoms with Crippen molar-refractivity contribution < 1.29 is 4.79 Å². The largest absolute Gasteiger partial charge is 0.326 e. The van der Waals surface area contributed by atoms with Gasteiger partial charge in [0.2, 0.25) is 5.91 Å². The molecule has 0 spiro atoms. The van der Waals surface area contributed by atoms with Gasteiger partial charge in [-0.15, -0.1) is 0 Å². The number of nitriles is 1. The number of aryl methyl sites for hydroxylation is 2. The van der Waals surface area contributed by atoms with Crippen LogP contribution in [0.25, 0.3) is 0 Å². The Bertz CT molecular complexity index is 410. The number of nitrogens with zero attached hydrogens (tertiary/aromatic N) is 1. The van der Waals surface area contributed by atoms with Gasteiger partial charge in [0.05, 0.1) is 6.07 Å². The molecule has 0 aliphatic carbocycles. The third-order valence-corrected chi connectivity index (χ3v) is 2.73. The van der Waals surface area contributed by atoms with Crippen molar-refractivity contribution in [3.8, 4) is 6.07 Å². The molecule has 0 bridgehead atoms. The highest BCUT2D eigenvalue weighted by Crippen LogP contribution is 2.22. The third kappa shape index (κ3) is 3.60. The summed E-state index contributed by atoms with van der Waals surface area (Å²) in [7, 11) is 0. The van der Waals surface area contributed by atoms with Crippen LogP contribution >= 0.6 is 0 Å². The minimum Gasteiger partial charge on any atom is -0.326 e. The number of anilines is 1. The lowest BCUT2D eigenvalue weighted by Crippen LogP contribution is -2.14. The van der Waals surface area contributed by atoms with Gasteiger partial charge in [0, 0.05) is 18.5 Å². The number of rotatable bonds is 5. The minimum atomic E-state index is -0.0813. The van der Waals surface area contributed by atoms with E-state index in [1.54, 1.807) is 0 Å². The minimum absolute atomic E-state index is 0.0813. The molecule has 17 heavy (non-hydrogen) atoms. The molecule has 1 aromatic carbocycles. The van der Waals surface area contributed by atoms with Gasteiger partial charge in [-0.25, -0.2) is 0 Å². The fraction of sp³-hybridized carbons (Fsp3) is 0.429. The van der Waals surface area contributed by atoms with Gasteiger partial charge in [-0.2, -0.15) is 5.26 Å². The van der Waals surface area contributed by atoms with Crippen molar-refractivity contribution in [3.05, 3.63) is 29.3 Å². The van der Waals surface area contributed by atoms with Crippen molar-refractivity contribution in [3.63, 3.8) is 0 Å². The van der Waals surface area contributed by atoms with E-state index in [-0.39, 0.29) is 18.7 Å². The number of para-hydroxylation sites is 1. The number of hydrogen-bond donors (Lipinski definition) is 1. The molecule has 0 heterocycles. The van der Waals surface area contributed by atoms with Gasteiger partial charge in [0.1, 0.15) is 0 Å². The zero-order chi connectivity index (χ0) is 12.7. The highest BCUT2D eigenvalue weighted by Gasteiger charge is 2.09. The Balaban J connectivity index is 2.88. The summed E-state index contributed by atoms with van der Waals surface area (Å²) < 4.78 is 0. The maximum atomic E-state index is 11.6. The number of hydrogen-bond acceptors (Lipinski definition) is 2. The third-order valence-electron chi connectivity index (χ3n) is 2.73. The number of carbonyl (C=O) groups is 1. The number of amides is 1. The fourth-order valence-corrected chi connectivity index (χ4v) is 1.77. The van der Waals surface area contributed by atoms with Crippen LogP contribution < -0.4 is 5.32 Å². The molecule has 0 atom stereocenters. The first-order chi connectivity index (χ1) is 8.22. The van der Waals surface area contributed by atoms with Crippen LogP contribution in [0.15, 0.2) is 18.2 Å². The molecule has 0 aliphatic heterocycles. The van der Waals surface area contributed by atoms with E-state index in [0.717, 1.165) is 29.7 Å². The molecule has 0 radical (unpaired) electrons. The van der Waals surface area contributed by atoms with E-state index in [1.807, 2.05) is 24.3 Å². The van der Waals surface area contributed by atoms with Crippen LogP contribution in [0.5, 0.6) is 0 Å². The summed E-state index contributed by atoms with van der Waals surface area (Å²) in [5.74, 6) is -0.0813. The van der Waals surface area contributed by atoms with E-state index < -0.39 is 0 Å². The zero-order valence-electron chi connectivity index (χ0n) is 10.4. The first-order valence-electron chi connectivity index (χ1n) is 6.00. The summed E-state index contributed by atoms with van der Waals surface area (Å²) in [5.41, 5.74) is 3.23. The molecule has 1 aromatic rings. The molecular formula is C14H18N2O. The van der Waals surface area contributed by atoms with Crippen molar-refractivity contribution >= 4 is 11.6 Å². The molecule has 3 nitrogen and oxygen atoms in total. The van der Waals surface area contributed by atoms with Crippen molar-refractivity contribution in [2.24, 2.45) is 0 Å². The highest BCUT2D eigenvalue weighted by molar-refractivity contribution is 5.92. The van der Waals surface area contributed by atoms with Crippen molar-refractivity contribution in [2.45, 2.75) is 39.5 Å². The Morgan fingerprint density at radius 2 is 1.88 bits per heavy atom. The second kappa shape index (κ2) is 6.70. The predicted octanol–water partition coefficient (Wildman–Crippen LogP) is 3.05. The Labute approximate surface area is 102 Å². The van der Waals surface area contributed by atoms with E-state index in [0.29, 0.717) is 0 Å². The molecule has 1 amide bonds. The zero-order valence-corrected chi connectivity index (χ0v) is 10.4. The van der Waals surface area contributed by atoms with E-state index in [4.69, 9.17) is 5.26 Å². The molecule has 1 N–H and O–H groups in total. The lowest BCUT2D eigenvalue weighted by atomic mass is 10.0. The molecule has 0 saturated heterocycles. The van der Waals surface area contributed by atoms with E-state index in [2.05, 4.69) is 19.2 Å². The molecule has 90 valence electrons. The maximum Gasteiger partial charge on any atom is 0.225 e. The molecule has 0 aliphatic rings. The van der Waals surface area contributed by atoms with Crippen LogP contribution in [-0.2, 0) is 17.6 Å². The molecule has 3 heteroatoms. The Kier molecular flexibility index (Phi) is 5.22. The molecule has 0 fully saturated rings. The smallest absolute Gasteiger partial charge is 0.225 e.